The zero-order valence-corrected chi connectivity index (χ0v) is 20.9. The van der Waals surface area contributed by atoms with Crippen molar-refractivity contribution in [2.45, 2.75) is 40.0 Å². The van der Waals surface area contributed by atoms with Gasteiger partial charge in [0.1, 0.15) is 5.75 Å². The third-order valence-corrected chi connectivity index (χ3v) is 5.94. The predicted octanol–water partition coefficient (Wildman–Crippen LogP) is 3.48. The van der Waals surface area contributed by atoms with Gasteiger partial charge in [-0.2, -0.15) is 0 Å². The first-order valence-corrected chi connectivity index (χ1v) is 12.2. The Kier molecular flexibility index (Phi) is 9.24. The fourth-order valence-electron chi connectivity index (χ4n) is 4.13. The first-order valence-electron chi connectivity index (χ1n) is 12.2. The van der Waals surface area contributed by atoms with E-state index >= 15 is 0 Å². The number of carbonyl (C=O) groups excluding carboxylic acids is 2. The summed E-state index contributed by atoms with van der Waals surface area (Å²) in [6.45, 7) is 9.65. The number of ether oxygens (including phenoxy) is 1. The van der Waals surface area contributed by atoms with Gasteiger partial charge >= 0.3 is 0 Å². The van der Waals surface area contributed by atoms with Crippen LogP contribution in [0.1, 0.15) is 40.0 Å². The van der Waals surface area contributed by atoms with E-state index in [1.165, 1.54) is 0 Å². The number of rotatable bonds is 9. The van der Waals surface area contributed by atoms with E-state index in [1.807, 2.05) is 62.1 Å². The zero-order valence-electron chi connectivity index (χ0n) is 20.9. The summed E-state index contributed by atoms with van der Waals surface area (Å²) in [4.78, 5) is 31.3. The summed E-state index contributed by atoms with van der Waals surface area (Å²) >= 11 is 0. The number of nitrogens with zero attached hydrogens (tertiary/aromatic N) is 5. The average Bonchev–Trinajstić information content (AvgIpc) is 3.10. The number of methoxy groups -OCH3 is 1. The van der Waals surface area contributed by atoms with Gasteiger partial charge in [0.25, 0.3) is 0 Å². The standard InChI is InChI=1S/C26H37N5O3/c1-5-12-31(25(32)17-20(2)3)19-26(33)30-14-7-13-29(15-16-30)24-11-10-23(27-28-24)21-8-6-9-22(18-21)34-4/h6,8-11,18,20H,5,7,12-17,19H2,1-4H3. The molecule has 0 atom stereocenters. The van der Waals surface area contributed by atoms with Crippen molar-refractivity contribution >= 4 is 17.6 Å². The van der Waals surface area contributed by atoms with Crippen LogP contribution in [0, 0.1) is 5.92 Å². The quantitative estimate of drug-likeness (QED) is 0.562. The van der Waals surface area contributed by atoms with Crippen molar-refractivity contribution in [3.63, 3.8) is 0 Å². The fraction of sp³-hybridized carbons (Fsp3) is 0.538. The smallest absolute Gasteiger partial charge is 0.242 e. The molecule has 2 heterocycles. The van der Waals surface area contributed by atoms with Gasteiger partial charge in [-0.1, -0.05) is 32.9 Å². The van der Waals surface area contributed by atoms with Crippen LogP contribution in [-0.2, 0) is 9.59 Å². The molecule has 0 bridgehead atoms. The minimum absolute atomic E-state index is 0.0202. The number of benzene rings is 1. The molecule has 1 aromatic carbocycles. The monoisotopic (exact) mass is 467 g/mol. The minimum atomic E-state index is 0.0202. The Morgan fingerprint density at radius 3 is 2.59 bits per heavy atom. The van der Waals surface area contributed by atoms with Gasteiger partial charge in [0, 0.05) is 44.7 Å². The van der Waals surface area contributed by atoms with E-state index in [4.69, 9.17) is 4.74 Å². The summed E-state index contributed by atoms with van der Waals surface area (Å²) in [6, 6.07) is 11.7. The first-order chi connectivity index (χ1) is 16.4. The Bertz CT molecular complexity index is 948. The molecule has 8 nitrogen and oxygen atoms in total. The molecule has 34 heavy (non-hydrogen) atoms. The van der Waals surface area contributed by atoms with Crippen molar-refractivity contribution in [3.05, 3.63) is 36.4 Å². The van der Waals surface area contributed by atoms with Crippen molar-refractivity contribution in [2.24, 2.45) is 5.92 Å². The van der Waals surface area contributed by atoms with Crippen LogP contribution in [0.15, 0.2) is 36.4 Å². The molecule has 0 saturated carbocycles. The SMILES string of the molecule is CCCN(CC(=O)N1CCCN(c2ccc(-c3cccc(OC)c3)nn2)CC1)C(=O)CC(C)C. The summed E-state index contributed by atoms with van der Waals surface area (Å²) in [5.41, 5.74) is 1.74. The number of amides is 2. The largest absolute Gasteiger partial charge is 0.497 e. The third-order valence-electron chi connectivity index (χ3n) is 5.94. The second-order valence-electron chi connectivity index (χ2n) is 9.14. The Labute approximate surface area is 202 Å². The van der Waals surface area contributed by atoms with Crippen molar-refractivity contribution in [3.8, 4) is 17.0 Å². The Morgan fingerprint density at radius 2 is 1.91 bits per heavy atom. The molecular formula is C26H37N5O3. The fourth-order valence-corrected chi connectivity index (χ4v) is 4.13. The van der Waals surface area contributed by atoms with E-state index in [0.29, 0.717) is 32.6 Å². The Balaban J connectivity index is 1.59. The van der Waals surface area contributed by atoms with E-state index in [2.05, 4.69) is 15.1 Å². The van der Waals surface area contributed by atoms with Gasteiger partial charge in [-0.25, -0.2) is 0 Å². The Morgan fingerprint density at radius 1 is 1.09 bits per heavy atom. The molecule has 0 N–H and O–H groups in total. The molecular weight excluding hydrogens is 430 g/mol. The van der Waals surface area contributed by atoms with Crippen LogP contribution >= 0.6 is 0 Å². The summed E-state index contributed by atoms with van der Waals surface area (Å²) < 4.78 is 5.30. The second kappa shape index (κ2) is 12.3. The molecule has 0 unspecified atom stereocenters. The molecule has 1 fully saturated rings. The highest BCUT2D eigenvalue weighted by Gasteiger charge is 2.24. The van der Waals surface area contributed by atoms with Gasteiger partial charge in [-0.3, -0.25) is 9.59 Å². The molecule has 3 rings (SSSR count). The molecule has 1 saturated heterocycles. The lowest BCUT2D eigenvalue weighted by molar-refractivity contribution is -0.140. The molecule has 2 amide bonds. The van der Waals surface area contributed by atoms with Crippen LogP contribution in [-0.4, -0.2) is 78.2 Å². The summed E-state index contributed by atoms with van der Waals surface area (Å²) in [6.07, 6.45) is 2.17. The van der Waals surface area contributed by atoms with Crippen LogP contribution < -0.4 is 9.64 Å². The average molecular weight is 468 g/mol. The highest BCUT2D eigenvalue weighted by molar-refractivity contribution is 5.85. The number of hydrogen-bond donors (Lipinski definition) is 0. The van der Waals surface area contributed by atoms with Crippen LogP contribution in [0.25, 0.3) is 11.3 Å². The maximum atomic E-state index is 13.0. The van der Waals surface area contributed by atoms with Crippen LogP contribution in [0.2, 0.25) is 0 Å². The maximum Gasteiger partial charge on any atom is 0.242 e. The molecule has 2 aromatic rings. The molecule has 0 aliphatic carbocycles. The van der Waals surface area contributed by atoms with E-state index in [0.717, 1.165) is 42.2 Å². The molecule has 1 aliphatic heterocycles. The summed E-state index contributed by atoms with van der Waals surface area (Å²) in [7, 11) is 1.64. The second-order valence-corrected chi connectivity index (χ2v) is 9.14. The first kappa shape index (κ1) is 25.5. The molecule has 184 valence electrons. The number of aromatic nitrogens is 2. The molecule has 0 spiro atoms. The van der Waals surface area contributed by atoms with Gasteiger partial charge in [0.15, 0.2) is 5.82 Å². The van der Waals surface area contributed by atoms with Gasteiger partial charge in [0.05, 0.1) is 19.3 Å². The topological polar surface area (TPSA) is 78.9 Å². The van der Waals surface area contributed by atoms with Gasteiger partial charge < -0.3 is 19.4 Å². The molecule has 1 aliphatic rings. The molecule has 0 radical (unpaired) electrons. The van der Waals surface area contributed by atoms with E-state index in [9.17, 15) is 9.59 Å². The lowest BCUT2D eigenvalue weighted by Gasteiger charge is -2.27. The zero-order chi connectivity index (χ0) is 24.5. The van der Waals surface area contributed by atoms with Crippen molar-refractivity contribution in [1.82, 2.24) is 20.0 Å². The van der Waals surface area contributed by atoms with Crippen molar-refractivity contribution in [1.29, 1.82) is 0 Å². The highest BCUT2D eigenvalue weighted by Crippen LogP contribution is 2.23. The summed E-state index contributed by atoms with van der Waals surface area (Å²) in [5, 5.41) is 8.86. The van der Waals surface area contributed by atoms with Gasteiger partial charge in [-0.15, -0.1) is 10.2 Å². The molecule has 1 aromatic heterocycles. The van der Waals surface area contributed by atoms with Crippen LogP contribution in [0.4, 0.5) is 5.82 Å². The van der Waals surface area contributed by atoms with Gasteiger partial charge in [0.2, 0.25) is 11.8 Å². The highest BCUT2D eigenvalue weighted by atomic mass is 16.5. The van der Waals surface area contributed by atoms with E-state index < -0.39 is 0 Å². The van der Waals surface area contributed by atoms with E-state index in [-0.39, 0.29) is 24.3 Å². The van der Waals surface area contributed by atoms with Gasteiger partial charge in [-0.05, 0) is 43.0 Å². The minimum Gasteiger partial charge on any atom is -0.497 e. The Hall–Kier alpha value is -3.16. The maximum absolute atomic E-state index is 13.0. The predicted molar refractivity (Wildman–Crippen MR) is 134 cm³/mol. The lowest BCUT2D eigenvalue weighted by atomic mass is 10.1. The molecule has 8 heteroatoms. The third kappa shape index (κ3) is 6.92. The van der Waals surface area contributed by atoms with E-state index in [1.54, 1.807) is 12.0 Å². The lowest BCUT2D eigenvalue weighted by Crippen LogP contribution is -2.44. The number of carbonyl (C=O) groups is 2. The van der Waals surface area contributed by atoms with Crippen molar-refractivity contribution in [2.75, 3.05) is 51.3 Å². The van der Waals surface area contributed by atoms with Crippen LogP contribution in [0.5, 0.6) is 5.75 Å². The van der Waals surface area contributed by atoms with Crippen molar-refractivity contribution < 1.29 is 14.3 Å². The normalized spacial score (nSPS) is 14.1. The number of anilines is 1. The van der Waals surface area contributed by atoms with Crippen LogP contribution in [0.3, 0.4) is 0 Å². The summed E-state index contributed by atoms with van der Waals surface area (Å²) in [5.74, 6) is 1.95. The number of hydrogen-bond acceptors (Lipinski definition) is 6.